The quantitative estimate of drug-likeness (QED) is 0.551. The van der Waals surface area contributed by atoms with Crippen LogP contribution in [0, 0.1) is 0 Å². The number of nitrogens with one attached hydrogen (secondary N) is 2. The summed E-state index contributed by atoms with van der Waals surface area (Å²) in [5, 5.41) is 6.50. The lowest BCUT2D eigenvalue weighted by Gasteiger charge is -2.31. The van der Waals surface area contributed by atoms with E-state index in [0.29, 0.717) is 17.3 Å². The number of para-hydroxylation sites is 1. The second-order valence-corrected chi connectivity index (χ2v) is 8.36. The summed E-state index contributed by atoms with van der Waals surface area (Å²) in [6, 6.07) is 24.0. The van der Waals surface area contributed by atoms with Crippen LogP contribution in [0.5, 0.6) is 0 Å². The molecule has 3 aromatic carbocycles. The predicted octanol–water partition coefficient (Wildman–Crippen LogP) is 5.33. The van der Waals surface area contributed by atoms with E-state index < -0.39 is 0 Å². The van der Waals surface area contributed by atoms with Crippen LogP contribution in [-0.4, -0.2) is 33.2 Å². The molecule has 0 bridgehead atoms. The maximum atomic E-state index is 12.6. The topological polar surface area (TPSA) is 47.6 Å². The number of halogens is 1. The van der Waals surface area contributed by atoms with E-state index in [-0.39, 0.29) is 12.1 Å². The highest BCUT2D eigenvalue weighted by Crippen LogP contribution is 2.35. The SMILES string of the molecule is CN(C)c1ccc(C(CNC(=O)Nc2cccc(Cl)c2)N2CCc3ccccc32)cc1. The lowest BCUT2D eigenvalue weighted by atomic mass is 10.0. The Bertz CT molecular complexity index is 1050. The van der Waals surface area contributed by atoms with Gasteiger partial charge < -0.3 is 20.4 Å². The van der Waals surface area contributed by atoms with E-state index in [2.05, 4.69) is 69.0 Å². The molecule has 5 nitrogen and oxygen atoms in total. The molecule has 1 atom stereocenters. The number of rotatable bonds is 6. The van der Waals surface area contributed by atoms with Gasteiger partial charge in [-0.15, -0.1) is 0 Å². The first-order valence-corrected chi connectivity index (χ1v) is 10.8. The van der Waals surface area contributed by atoms with Crippen LogP contribution in [0.4, 0.5) is 21.9 Å². The van der Waals surface area contributed by atoms with E-state index in [1.807, 2.05) is 26.2 Å². The van der Waals surface area contributed by atoms with E-state index in [4.69, 9.17) is 11.6 Å². The van der Waals surface area contributed by atoms with Crippen molar-refractivity contribution < 1.29 is 4.79 Å². The lowest BCUT2D eigenvalue weighted by Crippen LogP contribution is -2.39. The molecule has 6 heteroatoms. The van der Waals surface area contributed by atoms with Gasteiger partial charge in [-0.2, -0.15) is 0 Å². The summed E-state index contributed by atoms with van der Waals surface area (Å²) in [6.07, 6.45) is 1.01. The van der Waals surface area contributed by atoms with Gasteiger partial charge in [0.15, 0.2) is 0 Å². The van der Waals surface area contributed by atoms with Crippen LogP contribution in [0.15, 0.2) is 72.8 Å². The van der Waals surface area contributed by atoms with Crippen molar-refractivity contribution in [3.8, 4) is 0 Å². The average Bonchev–Trinajstić information content (AvgIpc) is 3.18. The van der Waals surface area contributed by atoms with Gasteiger partial charge in [0, 0.05) is 49.3 Å². The third kappa shape index (κ3) is 4.94. The second kappa shape index (κ2) is 9.31. The number of urea groups is 1. The van der Waals surface area contributed by atoms with Gasteiger partial charge in [-0.25, -0.2) is 4.79 Å². The fourth-order valence-electron chi connectivity index (χ4n) is 4.02. The van der Waals surface area contributed by atoms with Crippen LogP contribution in [-0.2, 0) is 6.42 Å². The summed E-state index contributed by atoms with van der Waals surface area (Å²) in [6.45, 7) is 1.42. The molecule has 0 aromatic heterocycles. The highest BCUT2D eigenvalue weighted by Gasteiger charge is 2.27. The highest BCUT2D eigenvalue weighted by molar-refractivity contribution is 6.30. The average molecular weight is 435 g/mol. The first-order chi connectivity index (χ1) is 15.0. The standard InChI is InChI=1S/C25H27ClN4O/c1-29(2)22-12-10-19(11-13-22)24(30-15-14-18-6-3-4-9-23(18)30)17-27-25(31)28-21-8-5-7-20(26)16-21/h3-13,16,24H,14-15,17H2,1-2H3,(H2,27,28,31). The van der Waals surface area contributed by atoms with Crippen LogP contribution in [0.3, 0.4) is 0 Å². The number of carbonyl (C=O) groups excluding carboxylic acids is 1. The van der Waals surface area contributed by atoms with E-state index in [1.165, 1.54) is 16.8 Å². The first-order valence-electron chi connectivity index (χ1n) is 10.4. The van der Waals surface area contributed by atoms with Gasteiger partial charge in [0.1, 0.15) is 0 Å². The molecule has 0 spiro atoms. The smallest absolute Gasteiger partial charge is 0.319 e. The van der Waals surface area contributed by atoms with Gasteiger partial charge in [0.25, 0.3) is 0 Å². The molecular formula is C25H27ClN4O. The van der Waals surface area contributed by atoms with Gasteiger partial charge in [0.05, 0.1) is 6.04 Å². The van der Waals surface area contributed by atoms with Gasteiger partial charge >= 0.3 is 6.03 Å². The van der Waals surface area contributed by atoms with Crippen LogP contribution in [0.25, 0.3) is 0 Å². The number of benzene rings is 3. The molecule has 2 amide bonds. The molecule has 3 aromatic rings. The molecule has 2 N–H and O–H groups in total. The Labute approximate surface area is 188 Å². The van der Waals surface area contributed by atoms with Gasteiger partial charge in [0.2, 0.25) is 0 Å². The molecular weight excluding hydrogens is 408 g/mol. The Balaban J connectivity index is 1.53. The van der Waals surface area contributed by atoms with E-state index in [1.54, 1.807) is 12.1 Å². The molecule has 0 saturated carbocycles. The first kappa shape index (κ1) is 21.1. The fraction of sp³-hybridized carbons (Fsp3) is 0.240. The molecule has 4 rings (SSSR count). The molecule has 160 valence electrons. The predicted molar refractivity (Wildman–Crippen MR) is 129 cm³/mol. The third-order valence-electron chi connectivity index (χ3n) is 5.63. The van der Waals surface area contributed by atoms with Gasteiger partial charge in [-0.1, -0.05) is 48.0 Å². The van der Waals surface area contributed by atoms with E-state index >= 15 is 0 Å². The number of anilines is 3. The van der Waals surface area contributed by atoms with Gasteiger partial charge in [-0.3, -0.25) is 0 Å². The van der Waals surface area contributed by atoms with Crippen LogP contribution in [0.2, 0.25) is 5.02 Å². The zero-order valence-electron chi connectivity index (χ0n) is 17.8. The summed E-state index contributed by atoms with van der Waals surface area (Å²) in [5.74, 6) is 0. The van der Waals surface area contributed by atoms with E-state index in [9.17, 15) is 4.79 Å². The van der Waals surface area contributed by atoms with Crippen LogP contribution in [0.1, 0.15) is 17.2 Å². The second-order valence-electron chi connectivity index (χ2n) is 7.92. The number of fused-ring (bicyclic) bond motifs is 1. The van der Waals surface area contributed by atoms with Crippen molar-refractivity contribution in [3.63, 3.8) is 0 Å². The molecule has 0 aliphatic carbocycles. The molecule has 1 aliphatic heterocycles. The number of hydrogen-bond donors (Lipinski definition) is 2. The molecule has 1 aliphatic rings. The molecule has 1 unspecified atom stereocenters. The largest absolute Gasteiger partial charge is 0.378 e. The Kier molecular flexibility index (Phi) is 6.33. The molecule has 1 heterocycles. The Morgan fingerprint density at radius 3 is 2.58 bits per heavy atom. The molecule has 0 fully saturated rings. The minimum Gasteiger partial charge on any atom is -0.378 e. The zero-order chi connectivity index (χ0) is 21.8. The minimum absolute atomic E-state index is 0.0324. The van der Waals surface area contributed by atoms with Crippen molar-refractivity contribution in [2.24, 2.45) is 0 Å². The number of hydrogen-bond acceptors (Lipinski definition) is 3. The van der Waals surface area contributed by atoms with Crippen LogP contribution < -0.4 is 20.4 Å². The number of nitrogens with zero attached hydrogens (tertiary/aromatic N) is 2. The zero-order valence-corrected chi connectivity index (χ0v) is 18.6. The summed E-state index contributed by atoms with van der Waals surface area (Å²) in [5.41, 5.74) is 5.58. The number of amides is 2. The van der Waals surface area contributed by atoms with Crippen molar-refractivity contribution >= 4 is 34.7 Å². The van der Waals surface area contributed by atoms with Crippen molar-refractivity contribution in [2.45, 2.75) is 12.5 Å². The van der Waals surface area contributed by atoms with Crippen molar-refractivity contribution in [1.29, 1.82) is 0 Å². The maximum absolute atomic E-state index is 12.6. The maximum Gasteiger partial charge on any atom is 0.319 e. The van der Waals surface area contributed by atoms with Gasteiger partial charge in [-0.05, 0) is 53.9 Å². The Morgan fingerprint density at radius 2 is 1.84 bits per heavy atom. The number of carbonyl (C=O) groups is 1. The van der Waals surface area contributed by atoms with Crippen molar-refractivity contribution in [3.05, 3.63) is 88.9 Å². The molecule has 31 heavy (non-hydrogen) atoms. The van der Waals surface area contributed by atoms with E-state index in [0.717, 1.165) is 18.7 Å². The Hall–Kier alpha value is -3.18. The fourth-order valence-corrected chi connectivity index (χ4v) is 4.21. The normalized spacial score (nSPS) is 13.5. The lowest BCUT2D eigenvalue weighted by molar-refractivity contribution is 0.251. The summed E-state index contributed by atoms with van der Waals surface area (Å²) >= 11 is 6.02. The monoisotopic (exact) mass is 434 g/mol. The Morgan fingerprint density at radius 1 is 1.06 bits per heavy atom. The highest BCUT2D eigenvalue weighted by atomic mass is 35.5. The van der Waals surface area contributed by atoms with Crippen molar-refractivity contribution in [1.82, 2.24) is 5.32 Å². The third-order valence-corrected chi connectivity index (χ3v) is 5.87. The summed E-state index contributed by atoms with van der Waals surface area (Å²) in [4.78, 5) is 17.0. The minimum atomic E-state index is -0.246. The molecule has 0 saturated heterocycles. The van der Waals surface area contributed by atoms with Crippen LogP contribution >= 0.6 is 11.6 Å². The summed E-state index contributed by atoms with van der Waals surface area (Å²) in [7, 11) is 4.07. The molecule has 0 radical (unpaired) electrons. The summed E-state index contributed by atoms with van der Waals surface area (Å²) < 4.78 is 0. The van der Waals surface area contributed by atoms with Crippen molar-refractivity contribution in [2.75, 3.05) is 42.3 Å².